The van der Waals surface area contributed by atoms with Crippen LogP contribution in [-0.4, -0.2) is 29.8 Å². The molecule has 4 heteroatoms. The number of hydrogen-bond acceptors (Lipinski definition) is 4. The smallest absolute Gasteiger partial charge is 0.127 e. The Balaban J connectivity index is 2.74. The molecule has 1 aromatic rings. The Hall–Kier alpha value is -1.13. The summed E-state index contributed by atoms with van der Waals surface area (Å²) in [6.45, 7) is 4.93. The Kier molecular flexibility index (Phi) is 5.22. The number of nitrogens with zero attached hydrogens (tertiary/aromatic N) is 1. The third-order valence-electron chi connectivity index (χ3n) is 2.54. The molecule has 16 heavy (non-hydrogen) atoms. The van der Waals surface area contributed by atoms with Gasteiger partial charge in [0.1, 0.15) is 5.75 Å². The summed E-state index contributed by atoms with van der Waals surface area (Å²) in [6.07, 6.45) is 3.74. The number of aliphatic hydroxyl groups is 1. The second-order valence-corrected chi connectivity index (χ2v) is 3.81. The number of hydrogen-bond donors (Lipinski definition) is 2. The molecule has 1 aromatic heterocycles. The molecule has 90 valence electrons. The van der Waals surface area contributed by atoms with Crippen molar-refractivity contribution in [3.8, 4) is 5.75 Å². The van der Waals surface area contributed by atoms with Crippen LogP contribution in [0.3, 0.4) is 0 Å². The van der Waals surface area contributed by atoms with Gasteiger partial charge in [-0.15, -0.1) is 0 Å². The monoisotopic (exact) mass is 224 g/mol. The van der Waals surface area contributed by atoms with E-state index in [1.165, 1.54) is 0 Å². The summed E-state index contributed by atoms with van der Waals surface area (Å²) in [6, 6.07) is 1.74. The molecule has 0 spiro atoms. The van der Waals surface area contributed by atoms with Crippen molar-refractivity contribution in [2.45, 2.75) is 32.4 Å². The van der Waals surface area contributed by atoms with E-state index in [0.717, 1.165) is 18.5 Å². The molecule has 0 saturated heterocycles. The minimum atomic E-state index is -0.602. The maximum atomic E-state index is 10.1. The molecular weight excluding hydrogens is 204 g/mol. The molecule has 1 heterocycles. The van der Waals surface area contributed by atoms with Crippen molar-refractivity contribution >= 4 is 0 Å². The number of methoxy groups -OCH3 is 1. The SMILES string of the molecule is CCCNC(C)C(O)c1cnccc1OC. The summed E-state index contributed by atoms with van der Waals surface area (Å²) in [5.41, 5.74) is 0.723. The van der Waals surface area contributed by atoms with Crippen LogP contribution in [0.5, 0.6) is 5.75 Å². The van der Waals surface area contributed by atoms with E-state index in [-0.39, 0.29) is 6.04 Å². The van der Waals surface area contributed by atoms with Crippen LogP contribution >= 0.6 is 0 Å². The molecular formula is C12H20N2O2. The molecule has 0 fully saturated rings. The Bertz CT molecular complexity index is 318. The van der Waals surface area contributed by atoms with Crippen molar-refractivity contribution in [1.29, 1.82) is 0 Å². The molecule has 4 nitrogen and oxygen atoms in total. The third kappa shape index (κ3) is 3.18. The van der Waals surface area contributed by atoms with Gasteiger partial charge in [-0.05, 0) is 26.0 Å². The van der Waals surface area contributed by atoms with Gasteiger partial charge in [0.15, 0.2) is 0 Å². The minimum absolute atomic E-state index is 0.0157. The molecule has 0 aliphatic rings. The summed E-state index contributed by atoms with van der Waals surface area (Å²) >= 11 is 0. The molecule has 0 bridgehead atoms. The summed E-state index contributed by atoms with van der Waals surface area (Å²) in [5, 5.41) is 13.4. The van der Waals surface area contributed by atoms with Gasteiger partial charge in [0, 0.05) is 24.0 Å². The Labute approximate surface area is 96.7 Å². The number of rotatable bonds is 6. The highest BCUT2D eigenvalue weighted by atomic mass is 16.5. The van der Waals surface area contributed by atoms with Crippen molar-refractivity contribution in [3.05, 3.63) is 24.0 Å². The van der Waals surface area contributed by atoms with Crippen LogP contribution in [0.25, 0.3) is 0 Å². The first kappa shape index (κ1) is 12.9. The third-order valence-corrected chi connectivity index (χ3v) is 2.54. The quantitative estimate of drug-likeness (QED) is 0.769. The van der Waals surface area contributed by atoms with Crippen LogP contribution in [-0.2, 0) is 0 Å². The van der Waals surface area contributed by atoms with Crippen molar-refractivity contribution in [1.82, 2.24) is 10.3 Å². The highest BCUT2D eigenvalue weighted by molar-refractivity contribution is 5.32. The highest BCUT2D eigenvalue weighted by Gasteiger charge is 2.19. The molecule has 0 amide bonds. The van der Waals surface area contributed by atoms with Gasteiger partial charge in [-0.2, -0.15) is 0 Å². The van der Waals surface area contributed by atoms with Gasteiger partial charge in [-0.1, -0.05) is 6.92 Å². The lowest BCUT2D eigenvalue weighted by atomic mass is 10.0. The fourth-order valence-corrected chi connectivity index (χ4v) is 1.55. The zero-order valence-corrected chi connectivity index (χ0v) is 10.1. The Morgan fingerprint density at radius 3 is 2.94 bits per heavy atom. The average Bonchev–Trinajstić information content (AvgIpc) is 2.34. The molecule has 1 rings (SSSR count). The minimum Gasteiger partial charge on any atom is -0.496 e. The van der Waals surface area contributed by atoms with E-state index in [1.54, 1.807) is 25.6 Å². The van der Waals surface area contributed by atoms with E-state index < -0.39 is 6.10 Å². The van der Waals surface area contributed by atoms with E-state index in [0.29, 0.717) is 5.75 Å². The van der Waals surface area contributed by atoms with Gasteiger partial charge in [0.05, 0.1) is 13.2 Å². The van der Waals surface area contributed by atoms with Crippen LogP contribution < -0.4 is 10.1 Å². The molecule has 0 saturated carbocycles. The van der Waals surface area contributed by atoms with E-state index >= 15 is 0 Å². The second-order valence-electron chi connectivity index (χ2n) is 3.81. The van der Waals surface area contributed by atoms with Gasteiger partial charge in [-0.25, -0.2) is 0 Å². The lowest BCUT2D eigenvalue weighted by molar-refractivity contribution is 0.132. The first-order chi connectivity index (χ1) is 7.70. The maximum absolute atomic E-state index is 10.1. The van der Waals surface area contributed by atoms with E-state index in [4.69, 9.17) is 4.74 Å². The lowest BCUT2D eigenvalue weighted by Gasteiger charge is -2.21. The van der Waals surface area contributed by atoms with Crippen molar-refractivity contribution in [2.24, 2.45) is 0 Å². The standard InChI is InChI=1S/C12H20N2O2/c1-4-6-14-9(2)12(15)10-8-13-7-5-11(10)16-3/h5,7-9,12,14-15H,4,6H2,1-3H3. The largest absolute Gasteiger partial charge is 0.496 e. The van der Waals surface area contributed by atoms with E-state index in [9.17, 15) is 5.11 Å². The van der Waals surface area contributed by atoms with Crippen LogP contribution in [0.15, 0.2) is 18.5 Å². The van der Waals surface area contributed by atoms with E-state index in [1.807, 2.05) is 6.92 Å². The van der Waals surface area contributed by atoms with Crippen LogP contribution in [0.2, 0.25) is 0 Å². The van der Waals surface area contributed by atoms with Gasteiger partial charge in [-0.3, -0.25) is 4.98 Å². The maximum Gasteiger partial charge on any atom is 0.127 e. The molecule has 0 aromatic carbocycles. The normalized spacial score (nSPS) is 14.5. The van der Waals surface area contributed by atoms with Crippen molar-refractivity contribution in [2.75, 3.05) is 13.7 Å². The van der Waals surface area contributed by atoms with Crippen LogP contribution in [0, 0.1) is 0 Å². The summed E-state index contributed by atoms with van der Waals surface area (Å²) < 4.78 is 5.19. The Morgan fingerprint density at radius 2 is 2.31 bits per heavy atom. The molecule has 0 radical (unpaired) electrons. The highest BCUT2D eigenvalue weighted by Crippen LogP contribution is 2.25. The number of aromatic nitrogens is 1. The summed E-state index contributed by atoms with van der Waals surface area (Å²) in [7, 11) is 1.59. The van der Waals surface area contributed by atoms with E-state index in [2.05, 4.69) is 17.2 Å². The average molecular weight is 224 g/mol. The van der Waals surface area contributed by atoms with Crippen molar-refractivity contribution in [3.63, 3.8) is 0 Å². The fraction of sp³-hybridized carbons (Fsp3) is 0.583. The molecule has 0 aliphatic carbocycles. The summed E-state index contributed by atoms with van der Waals surface area (Å²) in [4.78, 5) is 4.01. The molecule has 0 aliphatic heterocycles. The lowest BCUT2D eigenvalue weighted by Crippen LogP contribution is -2.32. The van der Waals surface area contributed by atoms with Crippen LogP contribution in [0.4, 0.5) is 0 Å². The first-order valence-corrected chi connectivity index (χ1v) is 5.60. The molecule has 2 N–H and O–H groups in total. The fourth-order valence-electron chi connectivity index (χ4n) is 1.55. The zero-order chi connectivity index (χ0) is 12.0. The van der Waals surface area contributed by atoms with Gasteiger partial charge >= 0.3 is 0 Å². The van der Waals surface area contributed by atoms with Crippen LogP contribution in [0.1, 0.15) is 31.9 Å². The number of nitrogens with one attached hydrogen (secondary N) is 1. The Morgan fingerprint density at radius 1 is 1.56 bits per heavy atom. The first-order valence-electron chi connectivity index (χ1n) is 5.60. The van der Waals surface area contributed by atoms with Gasteiger partial charge in [0.25, 0.3) is 0 Å². The number of pyridine rings is 1. The summed E-state index contributed by atoms with van der Waals surface area (Å²) in [5.74, 6) is 0.674. The zero-order valence-electron chi connectivity index (χ0n) is 10.1. The second kappa shape index (κ2) is 6.45. The van der Waals surface area contributed by atoms with Crippen molar-refractivity contribution < 1.29 is 9.84 Å². The topological polar surface area (TPSA) is 54.4 Å². The predicted octanol–water partition coefficient (Wildman–Crippen LogP) is 1.51. The number of ether oxygens (including phenoxy) is 1. The number of aliphatic hydroxyl groups excluding tert-OH is 1. The predicted molar refractivity (Wildman–Crippen MR) is 63.5 cm³/mol. The molecule has 2 unspecified atom stereocenters. The van der Waals surface area contributed by atoms with Gasteiger partial charge < -0.3 is 15.2 Å². The van der Waals surface area contributed by atoms with Gasteiger partial charge in [0.2, 0.25) is 0 Å². The molecule has 2 atom stereocenters.